The van der Waals surface area contributed by atoms with Crippen LogP contribution in [0.4, 0.5) is 10.7 Å². The van der Waals surface area contributed by atoms with Gasteiger partial charge in [-0.2, -0.15) is 0 Å². The molecular weight excluding hydrogens is 366 g/mol. The van der Waals surface area contributed by atoms with Gasteiger partial charge in [0.25, 0.3) is 0 Å². The number of carbonyl (C=O) groups excluding carboxylic acids is 2. The van der Waals surface area contributed by atoms with Gasteiger partial charge in [0.15, 0.2) is 10.1 Å². The SMILES string of the molecule is CC(=O)c1ccc(NC(=O)CSc2nc(-c3ccccc3)c(N)s2)cc1. The highest BCUT2D eigenvalue weighted by atomic mass is 32.2. The second-order valence-electron chi connectivity index (χ2n) is 5.53. The number of nitrogens with one attached hydrogen (secondary N) is 1. The Bertz CT molecular complexity index is 922. The fraction of sp³-hybridized carbons (Fsp3) is 0.105. The van der Waals surface area contributed by atoms with E-state index in [4.69, 9.17) is 5.73 Å². The Labute approximate surface area is 159 Å². The number of hydrogen-bond acceptors (Lipinski definition) is 6. The van der Waals surface area contributed by atoms with Crippen LogP contribution in [0, 0.1) is 0 Å². The molecule has 0 aliphatic carbocycles. The molecular formula is C19H17N3O2S2. The van der Waals surface area contributed by atoms with E-state index >= 15 is 0 Å². The monoisotopic (exact) mass is 383 g/mol. The molecule has 3 aromatic rings. The molecule has 0 fully saturated rings. The molecule has 3 N–H and O–H groups in total. The molecule has 26 heavy (non-hydrogen) atoms. The van der Waals surface area contributed by atoms with Crippen molar-refractivity contribution in [3.8, 4) is 11.3 Å². The van der Waals surface area contributed by atoms with Crippen molar-refractivity contribution in [1.29, 1.82) is 0 Å². The van der Waals surface area contributed by atoms with Gasteiger partial charge in [-0.25, -0.2) is 4.98 Å². The van der Waals surface area contributed by atoms with Gasteiger partial charge >= 0.3 is 0 Å². The lowest BCUT2D eigenvalue weighted by molar-refractivity contribution is -0.113. The molecule has 0 bridgehead atoms. The van der Waals surface area contributed by atoms with Crippen LogP contribution in [0.15, 0.2) is 58.9 Å². The molecule has 0 aliphatic rings. The number of nitrogens with zero attached hydrogens (tertiary/aromatic N) is 1. The highest BCUT2D eigenvalue weighted by Crippen LogP contribution is 2.35. The summed E-state index contributed by atoms with van der Waals surface area (Å²) in [5.41, 5.74) is 9.04. The number of thiazole rings is 1. The van der Waals surface area contributed by atoms with Crippen LogP contribution in [-0.2, 0) is 4.79 Å². The number of nitrogen functional groups attached to an aromatic ring is 1. The van der Waals surface area contributed by atoms with Crippen LogP contribution in [0.2, 0.25) is 0 Å². The van der Waals surface area contributed by atoms with E-state index in [2.05, 4.69) is 10.3 Å². The predicted molar refractivity (Wildman–Crippen MR) is 108 cm³/mol. The molecule has 2 aromatic carbocycles. The van der Waals surface area contributed by atoms with Crippen LogP contribution < -0.4 is 11.1 Å². The minimum absolute atomic E-state index is 0.00555. The average molecular weight is 383 g/mol. The van der Waals surface area contributed by atoms with Gasteiger partial charge in [0.05, 0.1) is 5.75 Å². The van der Waals surface area contributed by atoms with E-state index < -0.39 is 0 Å². The molecule has 3 rings (SSSR count). The van der Waals surface area contributed by atoms with Crippen molar-refractivity contribution in [2.45, 2.75) is 11.3 Å². The lowest BCUT2D eigenvalue weighted by Gasteiger charge is -2.04. The van der Waals surface area contributed by atoms with E-state index in [0.717, 1.165) is 15.6 Å². The second kappa shape index (κ2) is 8.16. The van der Waals surface area contributed by atoms with Crippen molar-refractivity contribution in [1.82, 2.24) is 4.98 Å². The summed E-state index contributed by atoms with van der Waals surface area (Å²) in [6.45, 7) is 1.51. The van der Waals surface area contributed by atoms with E-state index in [0.29, 0.717) is 16.3 Å². The standard InChI is InChI=1S/C19H17N3O2S2/c1-12(23)13-7-9-15(10-8-13)21-16(24)11-25-19-22-17(18(20)26-19)14-5-3-2-4-6-14/h2-10H,11,20H2,1H3,(H,21,24). The van der Waals surface area contributed by atoms with E-state index in [9.17, 15) is 9.59 Å². The summed E-state index contributed by atoms with van der Waals surface area (Å²) in [4.78, 5) is 27.9. The van der Waals surface area contributed by atoms with Crippen LogP contribution in [0.25, 0.3) is 11.3 Å². The Morgan fingerprint density at radius 1 is 1.12 bits per heavy atom. The van der Waals surface area contributed by atoms with E-state index in [-0.39, 0.29) is 17.4 Å². The van der Waals surface area contributed by atoms with Crippen molar-refractivity contribution in [2.24, 2.45) is 0 Å². The van der Waals surface area contributed by atoms with Crippen molar-refractivity contribution in [3.63, 3.8) is 0 Å². The first-order chi connectivity index (χ1) is 12.5. The van der Waals surface area contributed by atoms with Gasteiger partial charge in [0, 0.05) is 16.8 Å². The Kier molecular flexibility index (Phi) is 5.70. The van der Waals surface area contributed by atoms with Gasteiger partial charge in [0.2, 0.25) is 5.91 Å². The molecule has 132 valence electrons. The Balaban J connectivity index is 1.59. The number of ketones is 1. The molecule has 0 aliphatic heterocycles. The van der Waals surface area contributed by atoms with E-state index in [1.54, 1.807) is 24.3 Å². The number of rotatable bonds is 6. The number of anilines is 2. The summed E-state index contributed by atoms with van der Waals surface area (Å²) in [7, 11) is 0. The largest absolute Gasteiger partial charge is 0.389 e. The van der Waals surface area contributed by atoms with Gasteiger partial charge in [0.1, 0.15) is 10.7 Å². The van der Waals surface area contributed by atoms with Crippen LogP contribution in [0.3, 0.4) is 0 Å². The van der Waals surface area contributed by atoms with Crippen LogP contribution in [-0.4, -0.2) is 22.4 Å². The lowest BCUT2D eigenvalue weighted by Crippen LogP contribution is -2.14. The predicted octanol–water partition coefficient (Wildman–Crippen LogP) is 4.33. The fourth-order valence-corrected chi connectivity index (χ4v) is 4.04. The summed E-state index contributed by atoms with van der Waals surface area (Å²) in [6, 6.07) is 16.5. The maximum atomic E-state index is 12.1. The Morgan fingerprint density at radius 3 is 2.46 bits per heavy atom. The molecule has 0 spiro atoms. The van der Waals surface area contributed by atoms with Crippen molar-refractivity contribution in [3.05, 3.63) is 60.2 Å². The Morgan fingerprint density at radius 2 is 1.81 bits per heavy atom. The summed E-state index contributed by atoms with van der Waals surface area (Å²) in [6.07, 6.45) is 0. The first kappa shape index (κ1) is 18.2. The number of benzene rings is 2. The van der Waals surface area contributed by atoms with Crippen LogP contribution >= 0.6 is 23.1 Å². The smallest absolute Gasteiger partial charge is 0.234 e. The number of Topliss-reactive ketones (excluding diaryl/α,β-unsaturated/α-hetero) is 1. The van der Waals surface area contributed by atoms with Gasteiger partial charge in [-0.1, -0.05) is 53.4 Å². The van der Waals surface area contributed by atoms with Gasteiger partial charge in [-0.15, -0.1) is 0 Å². The number of hydrogen-bond donors (Lipinski definition) is 2. The summed E-state index contributed by atoms with van der Waals surface area (Å²) >= 11 is 2.72. The molecule has 1 amide bonds. The minimum Gasteiger partial charge on any atom is -0.389 e. The lowest BCUT2D eigenvalue weighted by atomic mass is 10.1. The third kappa shape index (κ3) is 4.50. The molecule has 1 heterocycles. The molecule has 1 aromatic heterocycles. The summed E-state index contributed by atoms with van der Waals surface area (Å²) in [5, 5.41) is 3.44. The zero-order valence-corrected chi connectivity index (χ0v) is 15.7. The summed E-state index contributed by atoms with van der Waals surface area (Å²) < 4.78 is 0.753. The first-order valence-electron chi connectivity index (χ1n) is 7.88. The number of nitrogens with two attached hydrogens (primary N) is 1. The molecule has 0 atom stereocenters. The van der Waals surface area contributed by atoms with Crippen molar-refractivity contribution >= 4 is 45.5 Å². The topological polar surface area (TPSA) is 85.1 Å². The van der Waals surface area contributed by atoms with E-state index in [1.807, 2.05) is 30.3 Å². The molecule has 0 radical (unpaired) electrons. The second-order valence-corrected chi connectivity index (χ2v) is 7.78. The van der Waals surface area contributed by atoms with Gasteiger partial charge in [-0.3, -0.25) is 9.59 Å². The van der Waals surface area contributed by atoms with Crippen molar-refractivity contribution in [2.75, 3.05) is 16.8 Å². The molecule has 5 nitrogen and oxygen atoms in total. The highest BCUT2D eigenvalue weighted by molar-refractivity contribution is 8.01. The van der Waals surface area contributed by atoms with Gasteiger partial charge < -0.3 is 11.1 Å². The molecule has 0 saturated carbocycles. The van der Waals surface area contributed by atoms with Crippen molar-refractivity contribution < 1.29 is 9.59 Å². The van der Waals surface area contributed by atoms with Crippen LogP contribution in [0.5, 0.6) is 0 Å². The number of aromatic nitrogens is 1. The highest BCUT2D eigenvalue weighted by Gasteiger charge is 2.12. The Hall–Kier alpha value is -2.64. The fourth-order valence-electron chi connectivity index (χ4n) is 2.29. The number of carbonyl (C=O) groups is 2. The molecule has 7 heteroatoms. The van der Waals surface area contributed by atoms with Crippen LogP contribution in [0.1, 0.15) is 17.3 Å². The maximum Gasteiger partial charge on any atom is 0.234 e. The van der Waals surface area contributed by atoms with Gasteiger partial charge in [-0.05, 0) is 31.2 Å². The minimum atomic E-state index is -0.138. The maximum absolute atomic E-state index is 12.1. The normalized spacial score (nSPS) is 10.5. The molecule has 0 unspecified atom stereocenters. The average Bonchev–Trinajstić information content (AvgIpc) is 3.02. The third-order valence-electron chi connectivity index (χ3n) is 3.58. The molecule has 0 saturated heterocycles. The zero-order chi connectivity index (χ0) is 18.5. The third-order valence-corrected chi connectivity index (χ3v) is 5.61. The quantitative estimate of drug-likeness (QED) is 0.489. The number of thioether (sulfide) groups is 1. The summed E-state index contributed by atoms with van der Waals surface area (Å²) in [5.74, 6) is 0.0879. The first-order valence-corrected chi connectivity index (χ1v) is 9.68. The zero-order valence-electron chi connectivity index (χ0n) is 14.1. The van der Waals surface area contributed by atoms with E-state index in [1.165, 1.54) is 30.0 Å². The number of amides is 1.